The highest BCUT2D eigenvalue weighted by atomic mass is 16.6. The van der Waals surface area contributed by atoms with E-state index in [2.05, 4.69) is 30.7 Å². The molecule has 0 heterocycles. The highest BCUT2D eigenvalue weighted by molar-refractivity contribution is 5.87. The molecule has 0 bridgehead atoms. The molecular formula is C32H62N10O8. The van der Waals surface area contributed by atoms with Crippen LogP contribution in [0.2, 0.25) is 0 Å². The van der Waals surface area contributed by atoms with Gasteiger partial charge in [0.2, 0.25) is 0 Å². The number of alkyl carbamates (subject to hydrolysis) is 2. The zero-order valence-electron chi connectivity index (χ0n) is 31.0. The molecule has 0 saturated carbocycles. The number of nitrogens with zero attached hydrogens (tertiary/aromatic N) is 6. The van der Waals surface area contributed by atoms with E-state index < -0.39 is 29.4 Å². The Balaban J connectivity index is 0. The number of carbonyl (C=O) groups excluding carboxylic acids is 4. The maximum atomic E-state index is 12.6. The van der Waals surface area contributed by atoms with E-state index in [-0.39, 0.29) is 30.6 Å². The highest BCUT2D eigenvalue weighted by Gasteiger charge is 2.24. The Morgan fingerprint density at radius 1 is 0.700 bits per heavy atom. The second-order valence-electron chi connectivity index (χ2n) is 13.3. The van der Waals surface area contributed by atoms with E-state index in [1.165, 1.54) is 0 Å². The molecule has 0 aliphatic carbocycles. The number of ketones is 2. The van der Waals surface area contributed by atoms with Crippen molar-refractivity contribution in [2.24, 2.45) is 21.7 Å². The molecule has 0 spiro atoms. The molecule has 18 nitrogen and oxygen atoms in total. The maximum absolute atomic E-state index is 12.6. The van der Waals surface area contributed by atoms with E-state index in [0.717, 1.165) is 12.8 Å². The summed E-state index contributed by atoms with van der Waals surface area (Å²) in [6, 6.07) is -1.06. The van der Waals surface area contributed by atoms with Crippen molar-refractivity contribution in [1.82, 2.24) is 10.6 Å². The summed E-state index contributed by atoms with van der Waals surface area (Å²) in [5, 5.41) is 12.0. The fourth-order valence-electron chi connectivity index (χ4n) is 3.97. The van der Waals surface area contributed by atoms with Crippen molar-refractivity contribution in [2.45, 2.75) is 129 Å². The Labute approximate surface area is 296 Å². The van der Waals surface area contributed by atoms with Gasteiger partial charge in [-0.3, -0.25) is 9.59 Å². The average molecular weight is 715 g/mol. The van der Waals surface area contributed by atoms with Crippen molar-refractivity contribution in [2.75, 3.05) is 52.6 Å². The zero-order valence-corrected chi connectivity index (χ0v) is 31.0. The molecule has 6 N–H and O–H groups in total. The fourth-order valence-corrected chi connectivity index (χ4v) is 3.97. The van der Waals surface area contributed by atoms with Gasteiger partial charge in [0.1, 0.15) is 17.0 Å². The lowest BCUT2D eigenvalue weighted by Gasteiger charge is -2.23. The second-order valence-corrected chi connectivity index (χ2v) is 13.3. The van der Waals surface area contributed by atoms with Gasteiger partial charge in [0.25, 0.3) is 0 Å². The summed E-state index contributed by atoms with van der Waals surface area (Å²) in [4.78, 5) is 53.3. The smallest absolute Gasteiger partial charge is 0.408 e. The molecule has 50 heavy (non-hydrogen) atoms. The molecule has 0 saturated heterocycles. The van der Waals surface area contributed by atoms with Crippen LogP contribution < -0.4 is 22.1 Å². The lowest BCUT2D eigenvalue weighted by molar-refractivity contribution is -0.122. The van der Waals surface area contributed by atoms with Crippen molar-refractivity contribution >= 4 is 23.8 Å². The first kappa shape index (κ1) is 48.5. The molecule has 0 aromatic carbocycles. The summed E-state index contributed by atoms with van der Waals surface area (Å²) < 4.78 is 20.9. The Morgan fingerprint density at radius 3 is 1.70 bits per heavy atom. The largest absolute Gasteiger partial charge is 0.444 e. The van der Waals surface area contributed by atoms with Crippen LogP contribution in [-0.2, 0) is 28.5 Å². The molecule has 288 valence electrons. The maximum Gasteiger partial charge on any atom is 0.408 e. The molecule has 0 fully saturated rings. The summed E-state index contributed by atoms with van der Waals surface area (Å²) in [6.07, 6.45) is 4.84. The van der Waals surface area contributed by atoms with Gasteiger partial charge in [0.05, 0.1) is 25.3 Å². The van der Waals surface area contributed by atoms with Crippen LogP contribution in [0.15, 0.2) is 10.2 Å². The number of hydrogen-bond acceptors (Lipinski definition) is 12. The average Bonchev–Trinajstić information content (AvgIpc) is 3.01. The number of rotatable bonds is 26. The van der Waals surface area contributed by atoms with Gasteiger partial charge in [-0.1, -0.05) is 16.6 Å². The lowest BCUT2D eigenvalue weighted by Crippen LogP contribution is -2.43. The minimum Gasteiger partial charge on any atom is -0.444 e. The summed E-state index contributed by atoms with van der Waals surface area (Å²) in [6.45, 7) is 13.7. The molecule has 2 amide bonds. The van der Waals surface area contributed by atoms with Gasteiger partial charge in [-0.15, -0.1) is 0 Å². The van der Waals surface area contributed by atoms with Crippen molar-refractivity contribution < 1.29 is 38.1 Å². The minimum atomic E-state index is -0.686. The molecule has 18 heteroatoms. The van der Waals surface area contributed by atoms with E-state index in [1.807, 2.05) is 0 Å². The summed E-state index contributed by atoms with van der Waals surface area (Å²) in [7, 11) is 0. The number of ether oxygens (including phenoxy) is 4. The van der Waals surface area contributed by atoms with E-state index in [0.29, 0.717) is 91.0 Å². The molecule has 2 atom stereocenters. The van der Waals surface area contributed by atoms with Crippen LogP contribution in [0.1, 0.15) is 106 Å². The third-order valence-electron chi connectivity index (χ3n) is 6.27. The first-order valence-corrected chi connectivity index (χ1v) is 17.2. The number of Topliss-reactive ketones (excluding diaryl/α,β-unsaturated/α-hetero) is 2. The third-order valence-corrected chi connectivity index (χ3v) is 6.27. The predicted octanol–water partition coefficient (Wildman–Crippen LogP) is 5.37. The van der Waals surface area contributed by atoms with Crippen LogP contribution in [0.4, 0.5) is 9.59 Å². The Kier molecular flexibility index (Phi) is 29.3. The number of azide groups is 2. The molecule has 0 aliphatic rings. The number of hydrogen-bond donors (Lipinski definition) is 4. The Hall–Kier alpha value is -3.66. The third kappa shape index (κ3) is 34.2. The molecule has 0 aromatic rings. The van der Waals surface area contributed by atoms with Gasteiger partial charge < -0.3 is 41.0 Å². The van der Waals surface area contributed by atoms with Gasteiger partial charge in [-0.25, -0.2) is 9.59 Å². The van der Waals surface area contributed by atoms with E-state index in [4.69, 9.17) is 41.5 Å². The molecule has 0 aliphatic heterocycles. The van der Waals surface area contributed by atoms with E-state index in [1.54, 1.807) is 41.5 Å². The Morgan fingerprint density at radius 2 is 1.20 bits per heavy atom. The Bertz CT molecular complexity index is 1050. The predicted molar refractivity (Wildman–Crippen MR) is 190 cm³/mol. The summed E-state index contributed by atoms with van der Waals surface area (Å²) in [5.74, 6) is -0.0414. The van der Waals surface area contributed by atoms with E-state index >= 15 is 0 Å². The second kappa shape index (κ2) is 30.2. The molecule has 0 rings (SSSR count). The molecular weight excluding hydrogens is 652 g/mol. The van der Waals surface area contributed by atoms with Crippen molar-refractivity contribution in [3.05, 3.63) is 20.9 Å². The van der Waals surface area contributed by atoms with Crippen LogP contribution >= 0.6 is 0 Å². The SMILES string of the molecule is CC(C)(C)OC(=O)NCCCC[C@H](NC(=O)OC(C)(C)C)C(=O)CCCOCCN=[N+]=[N-].[N-]=[N+]=NCCOCCCC(=O)[C@@H](N)CCCCN. The van der Waals surface area contributed by atoms with Gasteiger partial charge in [-0.05, 0) is 104 Å². The van der Waals surface area contributed by atoms with Gasteiger partial charge in [0.15, 0.2) is 5.78 Å². The normalized spacial score (nSPS) is 12.2. The molecule has 0 aromatic heterocycles. The van der Waals surface area contributed by atoms with E-state index in [9.17, 15) is 19.2 Å². The minimum absolute atomic E-state index is 0.0747. The summed E-state index contributed by atoms with van der Waals surface area (Å²) >= 11 is 0. The quantitative estimate of drug-likeness (QED) is 0.0384. The number of unbranched alkanes of at least 4 members (excludes halogenated alkanes) is 2. The zero-order chi connectivity index (χ0) is 38.3. The number of nitrogens with one attached hydrogen (secondary N) is 2. The first-order chi connectivity index (χ1) is 23.6. The van der Waals surface area contributed by atoms with Crippen LogP contribution in [0, 0.1) is 0 Å². The van der Waals surface area contributed by atoms with Crippen LogP contribution in [0.25, 0.3) is 20.9 Å². The number of carbonyl (C=O) groups is 4. The van der Waals surface area contributed by atoms with Crippen molar-refractivity contribution in [3.8, 4) is 0 Å². The summed E-state index contributed by atoms with van der Waals surface area (Å²) in [5.41, 5.74) is 26.1. The fraction of sp³-hybridized carbons (Fsp3) is 0.875. The lowest BCUT2D eigenvalue weighted by atomic mass is 10.0. The molecule has 0 radical (unpaired) electrons. The highest BCUT2D eigenvalue weighted by Crippen LogP contribution is 2.11. The van der Waals surface area contributed by atoms with Gasteiger partial charge in [0, 0.05) is 55.5 Å². The number of amides is 2. The van der Waals surface area contributed by atoms with Gasteiger partial charge >= 0.3 is 12.2 Å². The first-order valence-electron chi connectivity index (χ1n) is 17.2. The van der Waals surface area contributed by atoms with Crippen LogP contribution in [-0.4, -0.2) is 99.6 Å². The van der Waals surface area contributed by atoms with Crippen LogP contribution in [0.3, 0.4) is 0 Å². The molecule has 0 unspecified atom stereocenters. The number of nitrogens with two attached hydrogens (primary N) is 2. The van der Waals surface area contributed by atoms with Crippen molar-refractivity contribution in [1.29, 1.82) is 0 Å². The monoisotopic (exact) mass is 714 g/mol. The standard InChI is InChI=1S/C21H39N5O6.C11H23N5O2/c1-20(2,3)31-18(28)23-12-8-7-10-16(25-19(29)32-21(4,5)6)17(27)11-9-14-30-15-13-24-26-22;12-6-2-1-4-10(13)11(17)5-3-8-18-9-7-15-16-14/h16H,7-15H2,1-6H3,(H,23,28)(H,25,29);10H,1-9,12-13H2/t16-;10-/m00/s1. The topological polar surface area (TPSA) is 279 Å². The van der Waals surface area contributed by atoms with Gasteiger partial charge in [-0.2, -0.15) is 0 Å². The van der Waals surface area contributed by atoms with Crippen LogP contribution in [0.5, 0.6) is 0 Å². The van der Waals surface area contributed by atoms with Crippen molar-refractivity contribution in [3.63, 3.8) is 0 Å².